The molecule has 0 unspecified atom stereocenters. The van der Waals surface area contributed by atoms with Crippen LogP contribution in [0.3, 0.4) is 0 Å². The highest BCUT2D eigenvalue weighted by Gasteiger charge is 2.29. The van der Waals surface area contributed by atoms with Crippen molar-refractivity contribution >= 4 is 40.5 Å². The van der Waals surface area contributed by atoms with Crippen molar-refractivity contribution in [2.24, 2.45) is 5.16 Å². The molecule has 4 nitrogen and oxygen atoms in total. The SMILES string of the molecule is O=C(Nc1ccc(Cl)cc1Cl)[C@@H]1CC(c2ccccc2)=NO1. The Hall–Kier alpha value is -2.04. The second kappa shape index (κ2) is 6.38. The number of anilines is 1. The lowest BCUT2D eigenvalue weighted by Gasteiger charge is -2.10. The average Bonchev–Trinajstić information content (AvgIpc) is 3.01. The van der Waals surface area contributed by atoms with Gasteiger partial charge in [-0.1, -0.05) is 58.7 Å². The molecule has 1 atom stereocenters. The van der Waals surface area contributed by atoms with E-state index < -0.39 is 6.10 Å². The monoisotopic (exact) mass is 334 g/mol. The Morgan fingerprint density at radius 2 is 1.95 bits per heavy atom. The minimum absolute atomic E-state index is 0.293. The van der Waals surface area contributed by atoms with Crippen molar-refractivity contribution in [2.75, 3.05) is 5.32 Å². The zero-order valence-electron chi connectivity index (χ0n) is 11.4. The zero-order valence-corrected chi connectivity index (χ0v) is 12.9. The predicted molar refractivity (Wildman–Crippen MR) is 87.6 cm³/mol. The standard InChI is InChI=1S/C16H12Cl2N2O2/c17-11-6-7-13(12(18)8-11)19-16(21)15-9-14(20-22-15)10-4-2-1-3-5-10/h1-8,15H,9H2,(H,19,21)/t15-/m0/s1. The molecule has 112 valence electrons. The largest absolute Gasteiger partial charge is 0.382 e. The number of hydrogen-bond donors (Lipinski definition) is 1. The van der Waals surface area contributed by atoms with E-state index in [1.54, 1.807) is 18.2 Å². The van der Waals surface area contributed by atoms with Gasteiger partial charge in [-0.15, -0.1) is 0 Å². The third-order valence-corrected chi connectivity index (χ3v) is 3.81. The van der Waals surface area contributed by atoms with E-state index in [1.165, 1.54) is 0 Å². The lowest BCUT2D eigenvalue weighted by molar-refractivity contribution is -0.125. The maximum Gasteiger partial charge on any atom is 0.268 e. The zero-order chi connectivity index (χ0) is 15.5. The smallest absolute Gasteiger partial charge is 0.268 e. The van der Waals surface area contributed by atoms with E-state index >= 15 is 0 Å². The van der Waals surface area contributed by atoms with Gasteiger partial charge in [0.2, 0.25) is 6.10 Å². The lowest BCUT2D eigenvalue weighted by Crippen LogP contribution is -2.28. The molecule has 1 heterocycles. The van der Waals surface area contributed by atoms with Gasteiger partial charge in [-0.25, -0.2) is 0 Å². The highest BCUT2D eigenvalue weighted by molar-refractivity contribution is 6.36. The highest BCUT2D eigenvalue weighted by Crippen LogP contribution is 2.26. The van der Waals surface area contributed by atoms with Crippen LogP contribution in [0.25, 0.3) is 0 Å². The molecule has 0 saturated heterocycles. The Bertz CT molecular complexity index is 732. The van der Waals surface area contributed by atoms with Crippen molar-refractivity contribution in [3.63, 3.8) is 0 Å². The summed E-state index contributed by atoms with van der Waals surface area (Å²) in [7, 11) is 0. The summed E-state index contributed by atoms with van der Waals surface area (Å²) in [5.41, 5.74) is 2.19. The van der Waals surface area contributed by atoms with E-state index in [0.717, 1.165) is 11.3 Å². The van der Waals surface area contributed by atoms with Crippen molar-refractivity contribution in [2.45, 2.75) is 12.5 Å². The molecule has 3 rings (SSSR count). The molecule has 1 N–H and O–H groups in total. The molecular weight excluding hydrogens is 323 g/mol. The fraction of sp³-hybridized carbons (Fsp3) is 0.125. The summed E-state index contributed by atoms with van der Waals surface area (Å²) in [6.45, 7) is 0. The topological polar surface area (TPSA) is 50.7 Å². The molecule has 1 amide bonds. The molecule has 0 spiro atoms. The number of rotatable bonds is 3. The second-order valence-corrected chi connectivity index (χ2v) is 5.66. The van der Waals surface area contributed by atoms with E-state index in [9.17, 15) is 4.79 Å². The van der Waals surface area contributed by atoms with Gasteiger partial charge in [0.05, 0.1) is 16.4 Å². The van der Waals surface area contributed by atoms with Crippen LogP contribution >= 0.6 is 23.2 Å². The second-order valence-electron chi connectivity index (χ2n) is 4.82. The van der Waals surface area contributed by atoms with Crippen molar-refractivity contribution < 1.29 is 9.63 Å². The van der Waals surface area contributed by atoms with Crippen molar-refractivity contribution in [3.8, 4) is 0 Å². The lowest BCUT2D eigenvalue weighted by atomic mass is 10.0. The molecular formula is C16H12Cl2N2O2. The van der Waals surface area contributed by atoms with E-state index in [1.807, 2.05) is 30.3 Å². The first-order valence-corrected chi connectivity index (χ1v) is 7.43. The maximum atomic E-state index is 12.2. The fourth-order valence-electron chi connectivity index (χ4n) is 2.12. The molecule has 22 heavy (non-hydrogen) atoms. The molecule has 0 aromatic heterocycles. The van der Waals surface area contributed by atoms with E-state index in [0.29, 0.717) is 22.2 Å². The first-order valence-electron chi connectivity index (χ1n) is 6.67. The normalized spacial score (nSPS) is 16.8. The van der Waals surface area contributed by atoms with Gasteiger partial charge in [0, 0.05) is 11.4 Å². The molecule has 2 aromatic carbocycles. The number of nitrogens with zero attached hydrogens (tertiary/aromatic N) is 1. The summed E-state index contributed by atoms with van der Waals surface area (Å²) in [4.78, 5) is 17.5. The fourth-order valence-corrected chi connectivity index (χ4v) is 2.58. The molecule has 6 heteroatoms. The van der Waals surface area contributed by atoms with Crippen LogP contribution in [0, 0.1) is 0 Å². The Morgan fingerprint density at radius 1 is 1.18 bits per heavy atom. The van der Waals surface area contributed by atoms with E-state index in [4.69, 9.17) is 28.0 Å². The van der Waals surface area contributed by atoms with Gasteiger partial charge >= 0.3 is 0 Å². The summed E-state index contributed by atoms with van der Waals surface area (Å²) in [6, 6.07) is 14.5. The molecule has 0 aliphatic carbocycles. The third kappa shape index (κ3) is 3.24. The van der Waals surface area contributed by atoms with Crippen LogP contribution in [0.5, 0.6) is 0 Å². The summed E-state index contributed by atoms with van der Waals surface area (Å²) >= 11 is 11.9. The van der Waals surface area contributed by atoms with Gasteiger partial charge in [-0.2, -0.15) is 0 Å². The Labute approximate surface area is 137 Å². The molecule has 0 saturated carbocycles. The Kier molecular flexibility index (Phi) is 4.32. The number of carbonyl (C=O) groups excluding carboxylic acids is 1. The number of benzene rings is 2. The quantitative estimate of drug-likeness (QED) is 0.917. The first kappa shape index (κ1) is 14.9. The minimum Gasteiger partial charge on any atom is -0.382 e. The molecule has 0 bridgehead atoms. The third-order valence-electron chi connectivity index (χ3n) is 3.26. The number of oxime groups is 1. The number of halogens is 2. The number of amides is 1. The van der Waals surface area contributed by atoms with Crippen molar-refractivity contribution in [1.82, 2.24) is 0 Å². The van der Waals surface area contributed by atoms with Gasteiger partial charge < -0.3 is 10.2 Å². The summed E-state index contributed by atoms with van der Waals surface area (Å²) in [6.07, 6.45) is -0.247. The minimum atomic E-state index is -0.665. The van der Waals surface area contributed by atoms with Crippen molar-refractivity contribution in [3.05, 3.63) is 64.1 Å². The summed E-state index contributed by atoms with van der Waals surface area (Å²) in [5.74, 6) is -0.293. The summed E-state index contributed by atoms with van der Waals surface area (Å²) < 4.78 is 0. The summed E-state index contributed by atoms with van der Waals surface area (Å²) in [5, 5.41) is 7.60. The van der Waals surface area contributed by atoms with Crippen LogP contribution in [0.15, 0.2) is 53.7 Å². The van der Waals surface area contributed by atoms with Crippen LogP contribution in [-0.4, -0.2) is 17.7 Å². The Balaban J connectivity index is 1.65. The number of carbonyl (C=O) groups is 1. The van der Waals surface area contributed by atoms with Crippen LogP contribution in [0.2, 0.25) is 10.0 Å². The van der Waals surface area contributed by atoms with Crippen LogP contribution in [0.4, 0.5) is 5.69 Å². The highest BCUT2D eigenvalue weighted by atomic mass is 35.5. The molecule has 2 aromatic rings. The van der Waals surface area contributed by atoms with Crippen LogP contribution in [-0.2, 0) is 9.63 Å². The van der Waals surface area contributed by atoms with E-state index in [-0.39, 0.29) is 5.91 Å². The predicted octanol–water partition coefficient (Wildman–Crippen LogP) is 4.13. The molecule has 1 aliphatic heterocycles. The van der Waals surface area contributed by atoms with Gasteiger partial charge in [0.1, 0.15) is 0 Å². The van der Waals surface area contributed by atoms with Crippen LogP contribution < -0.4 is 5.32 Å². The number of nitrogens with one attached hydrogen (secondary N) is 1. The molecule has 1 aliphatic rings. The maximum absolute atomic E-state index is 12.2. The van der Waals surface area contributed by atoms with Crippen molar-refractivity contribution in [1.29, 1.82) is 0 Å². The van der Waals surface area contributed by atoms with Gasteiger partial charge in [0.25, 0.3) is 5.91 Å². The van der Waals surface area contributed by atoms with Gasteiger partial charge in [0.15, 0.2) is 0 Å². The van der Waals surface area contributed by atoms with E-state index in [2.05, 4.69) is 10.5 Å². The molecule has 0 radical (unpaired) electrons. The average molecular weight is 335 g/mol. The van der Waals surface area contributed by atoms with Crippen LogP contribution in [0.1, 0.15) is 12.0 Å². The molecule has 0 fully saturated rings. The van der Waals surface area contributed by atoms with Gasteiger partial charge in [-0.3, -0.25) is 4.79 Å². The number of hydrogen-bond acceptors (Lipinski definition) is 3. The Morgan fingerprint density at radius 3 is 2.68 bits per heavy atom. The van der Waals surface area contributed by atoms with Gasteiger partial charge in [-0.05, 0) is 23.8 Å². The first-order chi connectivity index (χ1) is 10.6.